The number of fused-ring (bicyclic) bond motifs is 1. The zero-order valence-corrected chi connectivity index (χ0v) is 13.2. The molecule has 112 valence electrons. The third-order valence-electron chi connectivity index (χ3n) is 5.24. The first-order valence-electron chi connectivity index (χ1n) is 8.20. The van der Waals surface area contributed by atoms with Gasteiger partial charge in [-0.3, -0.25) is 0 Å². The van der Waals surface area contributed by atoms with Gasteiger partial charge in [-0.25, -0.2) is 0 Å². The van der Waals surface area contributed by atoms with Crippen LogP contribution in [-0.4, -0.2) is 11.2 Å². The monoisotopic (exact) mass is 282 g/mol. The summed E-state index contributed by atoms with van der Waals surface area (Å²) < 4.78 is 0. The van der Waals surface area contributed by atoms with Crippen LogP contribution in [0.4, 0.5) is 0 Å². The lowest BCUT2D eigenvalue weighted by atomic mass is 9.71. The Labute approximate surface area is 128 Å². The van der Waals surface area contributed by atoms with E-state index in [0.717, 1.165) is 6.42 Å². The first kappa shape index (κ1) is 14.6. The lowest BCUT2D eigenvalue weighted by Gasteiger charge is -2.36. The first-order valence-corrected chi connectivity index (χ1v) is 8.20. The molecule has 0 saturated heterocycles. The van der Waals surface area contributed by atoms with Gasteiger partial charge in [0.15, 0.2) is 0 Å². The van der Waals surface area contributed by atoms with Crippen LogP contribution in [0.5, 0.6) is 0 Å². The Balaban J connectivity index is 1.73. The molecule has 3 rings (SSSR count). The summed E-state index contributed by atoms with van der Waals surface area (Å²) in [7, 11) is 0. The van der Waals surface area contributed by atoms with Crippen LogP contribution >= 0.6 is 0 Å². The Morgan fingerprint density at radius 2 is 1.71 bits per heavy atom. The highest BCUT2D eigenvalue weighted by Crippen LogP contribution is 2.39. The fraction of sp³-hybridized carbons (Fsp3) is 0.500. The number of aliphatic hydroxyl groups is 1. The van der Waals surface area contributed by atoms with E-state index in [2.05, 4.69) is 56.3 Å². The molecule has 0 amide bonds. The molecule has 0 heterocycles. The molecule has 0 spiro atoms. The van der Waals surface area contributed by atoms with E-state index in [1.807, 2.05) is 0 Å². The number of aliphatic hydroxyl groups excluding tert-OH is 1. The molecule has 0 aromatic heterocycles. The van der Waals surface area contributed by atoms with Gasteiger partial charge in [0.1, 0.15) is 0 Å². The zero-order valence-electron chi connectivity index (χ0n) is 13.2. The van der Waals surface area contributed by atoms with Gasteiger partial charge in [0, 0.05) is 0 Å². The number of rotatable bonds is 3. The van der Waals surface area contributed by atoms with Crippen LogP contribution in [0.3, 0.4) is 0 Å². The van der Waals surface area contributed by atoms with Crippen molar-refractivity contribution < 1.29 is 5.11 Å². The minimum atomic E-state index is -0.202. The highest BCUT2D eigenvalue weighted by atomic mass is 16.3. The van der Waals surface area contributed by atoms with E-state index in [1.165, 1.54) is 42.0 Å². The van der Waals surface area contributed by atoms with Gasteiger partial charge in [0.25, 0.3) is 0 Å². The summed E-state index contributed by atoms with van der Waals surface area (Å²) >= 11 is 0. The third kappa shape index (κ3) is 3.29. The van der Waals surface area contributed by atoms with Crippen molar-refractivity contribution in [3.8, 4) is 0 Å². The molecule has 1 aliphatic carbocycles. The fourth-order valence-corrected chi connectivity index (χ4v) is 3.67. The van der Waals surface area contributed by atoms with Crippen molar-refractivity contribution in [2.75, 3.05) is 0 Å². The Hall–Kier alpha value is -1.34. The molecule has 0 radical (unpaired) electrons. The van der Waals surface area contributed by atoms with Gasteiger partial charge in [-0.1, -0.05) is 56.3 Å². The van der Waals surface area contributed by atoms with Crippen LogP contribution in [-0.2, 0) is 6.42 Å². The molecule has 0 bridgehead atoms. The van der Waals surface area contributed by atoms with Crippen molar-refractivity contribution in [3.63, 3.8) is 0 Å². The molecule has 2 aromatic carbocycles. The molecule has 1 fully saturated rings. The molecule has 1 N–H and O–H groups in total. The quantitative estimate of drug-likeness (QED) is 0.843. The highest BCUT2D eigenvalue weighted by molar-refractivity contribution is 5.85. The summed E-state index contributed by atoms with van der Waals surface area (Å²) in [6.07, 6.45) is 5.39. The maximum atomic E-state index is 10.7. The zero-order chi connectivity index (χ0) is 14.9. The molecule has 1 unspecified atom stereocenters. The maximum Gasteiger partial charge on any atom is 0.0608 e. The van der Waals surface area contributed by atoms with Crippen LogP contribution in [0, 0.1) is 11.3 Å². The van der Waals surface area contributed by atoms with Crippen molar-refractivity contribution in [1.82, 2.24) is 0 Å². The van der Waals surface area contributed by atoms with Gasteiger partial charge in [-0.15, -0.1) is 0 Å². The molecule has 1 aliphatic rings. The summed E-state index contributed by atoms with van der Waals surface area (Å²) in [5, 5.41) is 13.2. The minimum absolute atomic E-state index is 0.202. The summed E-state index contributed by atoms with van der Waals surface area (Å²) in [6.45, 7) is 4.70. The highest BCUT2D eigenvalue weighted by Gasteiger charge is 2.30. The van der Waals surface area contributed by atoms with Gasteiger partial charge >= 0.3 is 0 Å². The van der Waals surface area contributed by atoms with E-state index in [-0.39, 0.29) is 6.10 Å². The van der Waals surface area contributed by atoms with Crippen molar-refractivity contribution >= 4 is 10.8 Å². The van der Waals surface area contributed by atoms with Crippen molar-refractivity contribution in [2.45, 2.75) is 52.1 Å². The summed E-state index contributed by atoms with van der Waals surface area (Å²) in [5.41, 5.74) is 1.75. The first-order chi connectivity index (χ1) is 10.1. The lowest BCUT2D eigenvalue weighted by molar-refractivity contribution is 0.0578. The predicted octanol–water partition coefficient (Wildman–Crippen LogP) is 4.96. The molecule has 1 saturated carbocycles. The van der Waals surface area contributed by atoms with Crippen molar-refractivity contribution in [2.24, 2.45) is 11.3 Å². The van der Waals surface area contributed by atoms with E-state index in [9.17, 15) is 5.11 Å². The second kappa shape index (κ2) is 5.81. The molecule has 1 atom stereocenters. The van der Waals surface area contributed by atoms with Crippen LogP contribution < -0.4 is 0 Å². The average molecular weight is 282 g/mol. The Morgan fingerprint density at radius 1 is 1.05 bits per heavy atom. The normalized spacial score (nSPS) is 20.5. The lowest BCUT2D eigenvalue weighted by Crippen LogP contribution is -2.30. The van der Waals surface area contributed by atoms with E-state index < -0.39 is 0 Å². The van der Waals surface area contributed by atoms with Crippen molar-refractivity contribution in [1.29, 1.82) is 0 Å². The minimum Gasteiger partial charge on any atom is -0.392 e. The van der Waals surface area contributed by atoms with Crippen LogP contribution in [0.15, 0.2) is 42.5 Å². The SMILES string of the molecule is CC1(C)CCC(C(O)Cc2cccc3ccccc23)CC1. The maximum absolute atomic E-state index is 10.7. The molecular formula is C20H26O. The van der Waals surface area contributed by atoms with Gasteiger partial charge < -0.3 is 5.11 Å². The van der Waals surface area contributed by atoms with E-state index >= 15 is 0 Å². The molecular weight excluding hydrogens is 256 g/mol. The van der Waals surface area contributed by atoms with E-state index in [4.69, 9.17) is 0 Å². The fourth-order valence-electron chi connectivity index (χ4n) is 3.67. The summed E-state index contributed by atoms with van der Waals surface area (Å²) in [5.74, 6) is 0.469. The van der Waals surface area contributed by atoms with E-state index in [1.54, 1.807) is 0 Å². The smallest absolute Gasteiger partial charge is 0.0608 e. The van der Waals surface area contributed by atoms with Crippen LogP contribution in [0.1, 0.15) is 45.1 Å². The second-order valence-electron chi connectivity index (χ2n) is 7.41. The summed E-state index contributed by atoms with van der Waals surface area (Å²) in [6, 6.07) is 14.9. The van der Waals surface area contributed by atoms with Crippen LogP contribution in [0.25, 0.3) is 10.8 Å². The van der Waals surface area contributed by atoms with E-state index in [0.29, 0.717) is 11.3 Å². The van der Waals surface area contributed by atoms with Crippen LogP contribution in [0.2, 0.25) is 0 Å². The van der Waals surface area contributed by atoms with Gasteiger partial charge in [-0.2, -0.15) is 0 Å². The number of hydrogen-bond acceptors (Lipinski definition) is 1. The third-order valence-corrected chi connectivity index (χ3v) is 5.24. The molecule has 2 aromatic rings. The number of benzene rings is 2. The summed E-state index contributed by atoms with van der Waals surface area (Å²) in [4.78, 5) is 0. The van der Waals surface area contributed by atoms with Gasteiger partial charge in [-0.05, 0) is 59.8 Å². The molecule has 1 heteroatoms. The Morgan fingerprint density at radius 3 is 2.48 bits per heavy atom. The predicted molar refractivity (Wildman–Crippen MR) is 89.4 cm³/mol. The molecule has 1 nitrogen and oxygen atoms in total. The van der Waals surface area contributed by atoms with Gasteiger partial charge in [0.05, 0.1) is 6.10 Å². The molecule has 21 heavy (non-hydrogen) atoms. The topological polar surface area (TPSA) is 20.2 Å². The second-order valence-corrected chi connectivity index (χ2v) is 7.41. The van der Waals surface area contributed by atoms with Crippen molar-refractivity contribution in [3.05, 3.63) is 48.0 Å². The Kier molecular flexibility index (Phi) is 4.03. The molecule has 0 aliphatic heterocycles. The number of hydrogen-bond donors (Lipinski definition) is 1. The standard InChI is InChI=1S/C20H26O/c1-20(2)12-10-16(11-13-20)19(21)14-17-8-5-7-15-6-3-4-9-18(15)17/h3-9,16,19,21H,10-14H2,1-2H3. The Bertz CT molecular complexity index is 599. The largest absolute Gasteiger partial charge is 0.392 e. The average Bonchev–Trinajstić information content (AvgIpc) is 2.47. The van der Waals surface area contributed by atoms with Gasteiger partial charge in [0.2, 0.25) is 0 Å².